The van der Waals surface area contributed by atoms with Gasteiger partial charge >= 0.3 is 5.91 Å². The zero-order valence-electron chi connectivity index (χ0n) is 15.4. The first-order valence-corrected chi connectivity index (χ1v) is 9.68. The van der Waals surface area contributed by atoms with Gasteiger partial charge in [-0.05, 0) is 18.2 Å². The number of amidine groups is 1. The van der Waals surface area contributed by atoms with Gasteiger partial charge in [0.15, 0.2) is 28.9 Å². The van der Waals surface area contributed by atoms with E-state index in [2.05, 4.69) is 15.0 Å². The SMILES string of the molecule is Nc1ncnc2c1ncn2CC1=Nc2ccccc2C(=O)[N+]1(Cl)c1cccc(Cl)c1. The van der Waals surface area contributed by atoms with Crippen LogP contribution in [0.5, 0.6) is 0 Å². The molecule has 0 saturated carbocycles. The summed E-state index contributed by atoms with van der Waals surface area (Å²) in [5, 5.41) is 0.463. The number of hydrogen-bond acceptors (Lipinski definition) is 6. The highest BCUT2D eigenvalue weighted by molar-refractivity contribution is 6.46. The molecule has 8 nitrogen and oxygen atoms in total. The van der Waals surface area contributed by atoms with E-state index in [1.807, 2.05) is 6.07 Å². The molecular weight excluding hydrogens is 425 g/mol. The molecule has 1 amide bonds. The summed E-state index contributed by atoms with van der Waals surface area (Å²) in [4.78, 5) is 30.8. The number of para-hydroxylation sites is 1. The molecule has 5 rings (SSSR count). The van der Waals surface area contributed by atoms with Crippen LogP contribution in [0, 0.1) is 0 Å². The van der Waals surface area contributed by atoms with E-state index in [1.165, 1.54) is 6.33 Å². The summed E-state index contributed by atoms with van der Waals surface area (Å²) in [7, 11) is 0. The maximum atomic E-state index is 13.6. The first-order valence-electron chi connectivity index (χ1n) is 8.96. The van der Waals surface area contributed by atoms with Crippen molar-refractivity contribution < 1.29 is 4.79 Å². The average molecular weight is 439 g/mol. The van der Waals surface area contributed by atoms with Crippen LogP contribution in [0.2, 0.25) is 5.02 Å². The number of nitrogens with two attached hydrogens (primary N) is 1. The number of rotatable bonds is 3. The quantitative estimate of drug-likeness (QED) is 0.485. The van der Waals surface area contributed by atoms with Gasteiger partial charge < -0.3 is 10.3 Å². The van der Waals surface area contributed by atoms with Crippen molar-refractivity contribution in [1.82, 2.24) is 23.5 Å². The van der Waals surface area contributed by atoms with Crippen molar-refractivity contribution in [3.8, 4) is 0 Å². The minimum atomic E-state index is -0.669. The van der Waals surface area contributed by atoms with E-state index in [0.29, 0.717) is 39.0 Å². The number of aliphatic imine (C=N–C) groups is 1. The van der Waals surface area contributed by atoms with Gasteiger partial charge in [0.2, 0.25) is 0 Å². The van der Waals surface area contributed by atoms with E-state index >= 15 is 0 Å². The second-order valence-electron chi connectivity index (χ2n) is 6.72. The second-order valence-corrected chi connectivity index (χ2v) is 7.67. The summed E-state index contributed by atoms with van der Waals surface area (Å²) in [6.07, 6.45) is 2.93. The van der Waals surface area contributed by atoms with E-state index in [4.69, 9.17) is 34.1 Å². The van der Waals surface area contributed by atoms with Crippen LogP contribution in [-0.2, 0) is 6.54 Å². The maximum Gasteiger partial charge on any atom is 0.377 e. The number of hydrogen-bond donors (Lipinski definition) is 1. The van der Waals surface area contributed by atoms with Crippen molar-refractivity contribution >= 4 is 63.5 Å². The number of halogens is 2. The molecule has 1 unspecified atom stereocenters. The fourth-order valence-corrected chi connectivity index (χ4v) is 3.95. The molecule has 0 bridgehead atoms. The summed E-state index contributed by atoms with van der Waals surface area (Å²) in [5.74, 6) is 0.324. The Kier molecular flexibility index (Phi) is 4.28. The lowest BCUT2D eigenvalue weighted by Gasteiger charge is -2.30. The molecule has 1 aliphatic heterocycles. The third-order valence-corrected chi connectivity index (χ3v) is 5.70. The molecule has 10 heteroatoms. The summed E-state index contributed by atoms with van der Waals surface area (Å²) in [6.45, 7) is 0.156. The van der Waals surface area contributed by atoms with Crippen LogP contribution in [0.3, 0.4) is 0 Å². The third kappa shape index (κ3) is 2.77. The topological polar surface area (TPSA) is 99.1 Å². The van der Waals surface area contributed by atoms with Crippen molar-refractivity contribution in [2.24, 2.45) is 4.99 Å². The monoisotopic (exact) mass is 438 g/mol. The molecule has 1 aliphatic rings. The third-order valence-electron chi connectivity index (χ3n) is 4.92. The molecule has 30 heavy (non-hydrogen) atoms. The van der Waals surface area contributed by atoms with E-state index in [1.54, 1.807) is 53.4 Å². The zero-order valence-corrected chi connectivity index (χ0v) is 16.9. The molecule has 3 heterocycles. The minimum Gasteiger partial charge on any atom is -0.382 e. The number of benzene rings is 2. The van der Waals surface area contributed by atoms with Crippen LogP contribution < -0.4 is 9.74 Å². The first-order chi connectivity index (χ1) is 14.5. The summed E-state index contributed by atoms with van der Waals surface area (Å²) >= 11 is 13.2. The van der Waals surface area contributed by atoms with E-state index in [-0.39, 0.29) is 18.3 Å². The van der Waals surface area contributed by atoms with Crippen molar-refractivity contribution in [3.63, 3.8) is 0 Å². The second kappa shape index (κ2) is 6.88. The van der Waals surface area contributed by atoms with Gasteiger partial charge in [0.05, 0.1) is 12.0 Å². The lowest BCUT2D eigenvalue weighted by Crippen LogP contribution is -2.53. The Morgan fingerprint density at radius 2 is 1.90 bits per heavy atom. The number of quaternary nitrogens is 1. The van der Waals surface area contributed by atoms with E-state index < -0.39 is 4.00 Å². The Balaban J connectivity index is 1.71. The van der Waals surface area contributed by atoms with Gasteiger partial charge in [-0.15, -0.1) is 0 Å². The predicted molar refractivity (Wildman–Crippen MR) is 117 cm³/mol. The molecule has 2 N–H and O–H groups in total. The summed E-state index contributed by atoms with van der Waals surface area (Å²) in [5.41, 5.74) is 8.35. The largest absolute Gasteiger partial charge is 0.382 e. The van der Waals surface area contributed by atoms with Crippen molar-refractivity contribution in [3.05, 3.63) is 71.8 Å². The Hall–Kier alpha value is -3.33. The van der Waals surface area contributed by atoms with Gasteiger partial charge in [0.1, 0.15) is 24.0 Å². The van der Waals surface area contributed by atoms with Crippen molar-refractivity contribution in [1.29, 1.82) is 0 Å². The Morgan fingerprint density at radius 1 is 1.07 bits per heavy atom. The van der Waals surface area contributed by atoms with E-state index in [0.717, 1.165) is 0 Å². The summed E-state index contributed by atoms with van der Waals surface area (Å²) in [6, 6.07) is 13.9. The molecule has 0 radical (unpaired) electrons. The normalized spacial score (nSPS) is 18.3. The lowest BCUT2D eigenvalue weighted by molar-refractivity contribution is 0.0912. The maximum absolute atomic E-state index is 13.6. The number of nitrogens with zero attached hydrogens (tertiary/aromatic N) is 6. The standard InChI is InChI=1S/C20H14Cl2N7O/c21-12-4-3-5-13(8-12)29(22)16(27-15-7-2-1-6-14(15)20(29)30)9-28-11-26-17-18(23)24-10-25-19(17)28/h1-8,10-11H,9H2,(H2,23,24,25)/q+1. The number of fused-ring (bicyclic) bond motifs is 2. The van der Waals surface area contributed by atoms with E-state index in [9.17, 15) is 4.79 Å². The van der Waals surface area contributed by atoms with Crippen LogP contribution in [0.4, 0.5) is 17.2 Å². The molecule has 4 aromatic rings. The molecule has 0 saturated heterocycles. The molecule has 2 aromatic heterocycles. The Morgan fingerprint density at radius 3 is 2.73 bits per heavy atom. The molecule has 0 fully saturated rings. The van der Waals surface area contributed by atoms with Crippen molar-refractivity contribution in [2.75, 3.05) is 5.73 Å². The number of carbonyl (C=O) groups is 1. The molecule has 2 aromatic carbocycles. The Bertz CT molecular complexity index is 1350. The van der Waals surface area contributed by atoms with Gasteiger partial charge in [-0.3, -0.25) is 0 Å². The number of aromatic nitrogens is 4. The highest BCUT2D eigenvalue weighted by atomic mass is 35.5. The zero-order chi connectivity index (χ0) is 20.9. The number of amides is 1. The lowest BCUT2D eigenvalue weighted by atomic mass is 10.1. The molecule has 148 valence electrons. The molecule has 0 aliphatic carbocycles. The average Bonchev–Trinajstić information content (AvgIpc) is 3.16. The van der Waals surface area contributed by atoms with Crippen LogP contribution >= 0.6 is 23.4 Å². The highest BCUT2D eigenvalue weighted by Gasteiger charge is 2.49. The van der Waals surface area contributed by atoms with Gasteiger partial charge in [0, 0.05) is 17.2 Å². The van der Waals surface area contributed by atoms with Gasteiger partial charge in [-0.2, -0.15) is 4.99 Å². The van der Waals surface area contributed by atoms with Gasteiger partial charge in [0.25, 0.3) is 5.84 Å². The Labute approximate surface area is 180 Å². The smallest absolute Gasteiger partial charge is 0.377 e. The van der Waals surface area contributed by atoms with Crippen LogP contribution in [0.15, 0.2) is 66.2 Å². The van der Waals surface area contributed by atoms with Gasteiger partial charge in [-0.1, -0.05) is 33.8 Å². The number of nitrogen functional groups attached to an aromatic ring is 1. The highest BCUT2D eigenvalue weighted by Crippen LogP contribution is 2.39. The summed E-state index contributed by atoms with van der Waals surface area (Å²) < 4.78 is 1.06. The number of anilines is 1. The minimum absolute atomic E-state index is 0.156. The molecule has 1 atom stereocenters. The predicted octanol–water partition coefficient (Wildman–Crippen LogP) is 4.11. The van der Waals surface area contributed by atoms with Crippen LogP contribution in [-0.4, -0.2) is 31.3 Å². The van der Waals surface area contributed by atoms with Crippen LogP contribution in [0.25, 0.3) is 11.2 Å². The van der Waals surface area contributed by atoms with Gasteiger partial charge in [-0.25, -0.2) is 19.7 Å². The van der Waals surface area contributed by atoms with Crippen molar-refractivity contribution in [2.45, 2.75) is 6.54 Å². The number of carbonyl (C=O) groups excluding carboxylic acids is 1. The first kappa shape index (κ1) is 18.7. The fourth-order valence-electron chi connectivity index (χ4n) is 3.48. The molecule has 0 spiro atoms. The molecular formula is C20H14Cl2N7O+. The van der Waals surface area contributed by atoms with Crippen LogP contribution in [0.1, 0.15) is 10.4 Å². The fraction of sp³-hybridized carbons (Fsp3) is 0.0500. The number of imidazole rings is 1.